The molecule has 5 heteroatoms. The number of halogens is 1. The molecule has 130 valence electrons. The highest BCUT2D eigenvalue weighted by atomic mass is 35.5. The Balaban J connectivity index is 1.98. The molecule has 0 saturated heterocycles. The van der Waals surface area contributed by atoms with E-state index in [9.17, 15) is 4.79 Å². The van der Waals surface area contributed by atoms with E-state index in [1.54, 1.807) is 11.3 Å². The molecule has 26 heavy (non-hydrogen) atoms. The number of aromatic amines is 1. The quantitative estimate of drug-likeness (QED) is 0.470. The standard InChI is InChI=1S/C21H17ClN2OS/c1-11-6-4-5-7-15(11)19-23-20(25)18-17(13(3)26-21(18)24-19)14-8-9-16(22)12(2)10-14/h4-10H,1-3H3,(H,23,24,25). The minimum absolute atomic E-state index is 0.111. The van der Waals surface area contributed by atoms with Gasteiger partial charge in [-0.05, 0) is 49.6 Å². The molecule has 0 aliphatic heterocycles. The molecular formula is C21H17ClN2OS. The molecule has 0 aliphatic rings. The van der Waals surface area contributed by atoms with Crippen LogP contribution in [0.25, 0.3) is 32.7 Å². The zero-order valence-electron chi connectivity index (χ0n) is 14.7. The molecule has 0 saturated carbocycles. The van der Waals surface area contributed by atoms with E-state index in [2.05, 4.69) is 4.98 Å². The zero-order valence-corrected chi connectivity index (χ0v) is 16.3. The van der Waals surface area contributed by atoms with E-state index in [0.717, 1.165) is 42.5 Å². The van der Waals surface area contributed by atoms with Crippen molar-refractivity contribution in [2.45, 2.75) is 20.8 Å². The lowest BCUT2D eigenvalue weighted by Gasteiger charge is -2.06. The molecular weight excluding hydrogens is 364 g/mol. The Bertz CT molecular complexity index is 1210. The van der Waals surface area contributed by atoms with Crippen LogP contribution in [0.4, 0.5) is 0 Å². The Morgan fingerprint density at radius 2 is 1.81 bits per heavy atom. The summed E-state index contributed by atoms with van der Waals surface area (Å²) in [5.74, 6) is 0.612. The third kappa shape index (κ3) is 2.75. The first kappa shape index (κ1) is 17.0. The molecule has 2 aromatic carbocycles. The van der Waals surface area contributed by atoms with E-state index >= 15 is 0 Å². The predicted octanol–water partition coefficient (Wildman–Crippen LogP) is 5.90. The molecule has 1 N–H and O–H groups in total. The van der Waals surface area contributed by atoms with Gasteiger partial charge in [0.1, 0.15) is 10.7 Å². The smallest absolute Gasteiger partial charge is 0.260 e. The van der Waals surface area contributed by atoms with Crippen molar-refractivity contribution in [3.8, 4) is 22.5 Å². The molecule has 2 aromatic heterocycles. The van der Waals surface area contributed by atoms with Crippen LogP contribution in [0, 0.1) is 20.8 Å². The first-order chi connectivity index (χ1) is 12.5. The molecule has 0 spiro atoms. The molecule has 0 aliphatic carbocycles. The van der Waals surface area contributed by atoms with E-state index in [1.807, 2.05) is 63.2 Å². The molecule has 0 atom stereocenters. The fourth-order valence-electron chi connectivity index (χ4n) is 3.23. The Morgan fingerprint density at radius 1 is 1.04 bits per heavy atom. The van der Waals surface area contributed by atoms with Gasteiger partial charge in [-0.2, -0.15) is 0 Å². The lowest BCUT2D eigenvalue weighted by molar-refractivity contribution is 1.18. The van der Waals surface area contributed by atoms with E-state index in [-0.39, 0.29) is 5.56 Å². The number of H-pyrrole nitrogens is 1. The van der Waals surface area contributed by atoms with Crippen LogP contribution in [0.1, 0.15) is 16.0 Å². The normalized spacial score (nSPS) is 11.2. The van der Waals surface area contributed by atoms with Gasteiger partial charge in [-0.1, -0.05) is 41.9 Å². The van der Waals surface area contributed by atoms with Crippen LogP contribution in [-0.4, -0.2) is 9.97 Å². The fraction of sp³-hybridized carbons (Fsp3) is 0.143. The minimum Gasteiger partial charge on any atom is -0.306 e. The van der Waals surface area contributed by atoms with Crippen molar-refractivity contribution in [1.29, 1.82) is 0 Å². The summed E-state index contributed by atoms with van der Waals surface area (Å²) >= 11 is 7.71. The molecule has 4 aromatic rings. The van der Waals surface area contributed by atoms with Gasteiger partial charge in [-0.25, -0.2) is 4.98 Å². The maximum Gasteiger partial charge on any atom is 0.260 e. The zero-order chi connectivity index (χ0) is 18.4. The number of hydrogen-bond acceptors (Lipinski definition) is 3. The lowest BCUT2D eigenvalue weighted by atomic mass is 10.0. The monoisotopic (exact) mass is 380 g/mol. The van der Waals surface area contributed by atoms with Gasteiger partial charge in [-0.3, -0.25) is 4.79 Å². The third-order valence-corrected chi connectivity index (χ3v) is 6.01. The number of fused-ring (bicyclic) bond motifs is 1. The van der Waals surface area contributed by atoms with Gasteiger partial charge in [0.2, 0.25) is 0 Å². The maximum absolute atomic E-state index is 12.9. The predicted molar refractivity (Wildman–Crippen MR) is 110 cm³/mol. The molecule has 0 radical (unpaired) electrons. The van der Waals surface area contributed by atoms with Gasteiger partial charge >= 0.3 is 0 Å². The number of nitrogens with zero attached hydrogens (tertiary/aromatic N) is 1. The van der Waals surface area contributed by atoms with Crippen LogP contribution in [0.5, 0.6) is 0 Å². The summed E-state index contributed by atoms with van der Waals surface area (Å²) in [4.78, 5) is 22.5. The summed E-state index contributed by atoms with van der Waals surface area (Å²) in [6.45, 7) is 6.01. The van der Waals surface area contributed by atoms with Crippen LogP contribution in [0.15, 0.2) is 47.3 Å². The van der Waals surface area contributed by atoms with E-state index < -0.39 is 0 Å². The third-order valence-electron chi connectivity index (χ3n) is 4.58. The second kappa shape index (κ2) is 6.38. The topological polar surface area (TPSA) is 45.8 Å². The van der Waals surface area contributed by atoms with Crippen molar-refractivity contribution in [3.63, 3.8) is 0 Å². The molecule has 0 amide bonds. The van der Waals surface area contributed by atoms with Crippen LogP contribution < -0.4 is 5.56 Å². The second-order valence-electron chi connectivity index (χ2n) is 6.41. The van der Waals surface area contributed by atoms with Crippen molar-refractivity contribution < 1.29 is 0 Å². The Kier molecular flexibility index (Phi) is 4.17. The summed E-state index contributed by atoms with van der Waals surface area (Å²) < 4.78 is 0. The maximum atomic E-state index is 12.9. The summed E-state index contributed by atoms with van der Waals surface area (Å²) in [5.41, 5.74) is 4.84. The van der Waals surface area contributed by atoms with E-state index in [0.29, 0.717) is 11.2 Å². The van der Waals surface area contributed by atoms with Gasteiger partial charge in [0.15, 0.2) is 0 Å². The molecule has 0 bridgehead atoms. The summed E-state index contributed by atoms with van der Waals surface area (Å²) in [5, 5.41) is 1.37. The van der Waals surface area contributed by atoms with Crippen molar-refractivity contribution >= 4 is 33.2 Å². The van der Waals surface area contributed by atoms with Crippen molar-refractivity contribution in [3.05, 3.63) is 73.8 Å². The van der Waals surface area contributed by atoms with Gasteiger partial charge < -0.3 is 4.98 Å². The van der Waals surface area contributed by atoms with Gasteiger partial charge in [-0.15, -0.1) is 11.3 Å². The summed E-state index contributed by atoms with van der Waals surface area (Å²) in [6.07, 6.45) is 0. The summed E-state index contributed by atoms with van der Waals surface area (Å²) in [7, 11) is 0. The number of hydrogen-bond donors (Lipinski definition) is 1. The molecule has 0 fully saturated rings. The highest BCUT2D eigenvalue weighted by molar-refractivity contribution is 7.19. The number of benzene rings is 2. The summed E-state index contributed by atoms with van der Waals surface area (Å²) in [6, 6.07) is 13.8. The number of rotatable bonds is 2. The highest BCUT2D eigenvalue weighted by Gasteiger charge is 2.18. The fourth-order valence-corrected chi connectivity index (χ4v) is 4.40. The number of thiophene rings is 1. The van der Waals surface area contributed by atoms with Crippen molar-refractivity contribution in [2.75, 3.05) is 0 Å². The minimum atomic E-state index is -0.111. The van der Waals surface area contributed by atoms with Crippen LogP contribution >= 0.6 is 22.9 Å². The highest BCUT2D eigenvalue weighted by Crippen LogP contribution is 2.37. The molecule has 3 nitrogen and oxygen atoms in total. The van der Waals surface area contributed by atoms with Crippen LogP contribution in [0.3, 0.4) is 0 Å². The van der Waals surface area contributed by atoms with Crippen molar-refractivity contribution in [1.82, 2.24) is 9.97 Å². The second-order valence-corrected chi connectivity index (χ2v) is 8.02. The Morgan fingerprint density at radius 3 is 2.54 bits per heavy atom. The average molecular weight is 381 g/mol. The number of nitrogens with one attached hydrogen (secondary N) is 1. The molecule has 2 heterocycles. The van der Waals surface area contributed by atoms with Crippen LogP contribution in [-0.2, 0) is 0 Å². The first-order valence-corrected chi connectivity index (χ1v) is 9.51. The van der Waals surface area contributed by atoms with E-state index in [1.165, 1.54) is 0 Å². The number of aryl methyl sites for hydroxylation is 3. The molecule has 0 unspecified atom stereocenters. The average Bonchev–Trinajstić information content (AvgIpc) is 2.94. The SMILES string of the molecule is Cc1cc(-c2c(C)sc3nc(-c4ccccc4C)[nH]c(=O)c23)ccc1Cl. The lowest BCUT2D eigenvalue weighted by Crippen LogP contribution is -2.09. The molecule has 4 rings (SSSR count). The van der Waals surface area contributed by atoms with E-state index in [4.69, 9.17) is 16.6 Å². The van der Waals surface area contributed by atoms with Gasteiger partial charge in [0, 0.05) is 21.0 Å². The first-order valence-electron chi connectivity index (χ1n) is 8.31. The Labute approximate surface area is 160 Å². The van der Waals surface area contributed by atoms with Gasteiger partial charge in [0.05, 0.1) is 5.39 Å². The largest absolute Gasteiger partial charge is 0.306 e. The van der Waals surface area contributed by atoms with Gasteiger partial charge in [0.25, 0.3) is 5.56 Å². The Hall–Kier alpha value is -2.43. The van der Waals surface area contributed by atoms with Crippen molar-refractivity contribution in [2.24, 2.45) is 0 Å². The number of aromatic nitrogens is 2. The van der Waals surface area contributed by atoms with Crippen LogP contribution in [0.2, 0.25) is 5.02 Å².